The van der Waals surface area contributed by atoms with Gasteiger partial charge in [-0.1, -0.05) is 24.3 Å². The van der Waals surface area contributed by atoms with Crippen molar-refractivity contribution in [3.8, 4) is 11.1 Å². The quantitative estimate of drug-likeness (QED) is 0.573. The molecule has 0 aliphatic rings. The summed E-state index contributed by atoms with van der Waals surface area (Å²) in [4.78, 5) is 40.2. The summed E-state index contributed by atoms with van der Waals surface area (Å²) in [5.74, 6) is -3.30. The van der Waals surface area contributed by atoms with Gasteiger partial charge in [0.25, 0.3) is 5.56 Å². The molecule has 2 rings (SSSR count). The molecule has 1 heterocycles. The second-order valence-corrected chi connectivity index (χ2v) is 7.12. The number of nitrogens with one attached hydrogen (secondary N) is 1. The van der Waals surface area contributed by atoms with Crippen molar-refractivity contribution in [1.82, 2.24) is 9.88 Å². The minimum absolute atomic E-state index is 0.177. The second-order valence-electron chi connectivity index (χ2n) is 7.12. The number of aromatic nitrogens is 1. The average molecular weight is 387 g/mol. The number of anilines is 1. The van der Waals surface area contributed by atoms with Gasteiger partial charge >= 0.3 is 11.9 Å². The van der Waals surface area contributed by atoms with E-state index in [0.717, 1.165) is 0 Å². The van der Waals surface area contributed by atoms with Gasteiger partial charge < -0.3 is 20.9 Å². The van der Waals surface area contributed by atoms with E-state index in [1.807, 2.05) is 27.7 Å². The first-order chi connectivity index (χ1) is 13.1. The average Bonchev–Trinajstić information content (AvgIpc) is 2.57. The van der Waals surface area contributed by atoms with Crippen molar-refractivity contribution in [2.24, 2.45) is 0 Å². The highest BCUT2D eigenvalue weighted by molar-refractivity contribution is 6.07. The van der Waals surface area contributed by atoms with Crippen LogP contribution in [0.25, 0.3) is 11.1 Å². The predicted molar refractivity (Wildman–Crippen MR) is 107 cm³/mol. The third-order valence-corrected chi connectivity index (χ3v) is 4.64. The minimum Gasteiger partial charge on any atom is -0.478 e. The molecule has 5 N–H and O–H groups in total. The van der Waals surface area contributed by atoms with Crippen LogP contribution in [0.2, 0.25) is 0 Å². The molecule has 8 heteroatoms. The molecule has 1 aromatic heterocycles. The maximum atomic E-state index is 12.3. The summed E-state index contributed by atoms with van der Waals surface area (Å²) < 4.78 is 0. The molecule has 8 nitrogen and oxygen atoms in total. The number of pyridine rings is 1. The minimum atomic E-state index is -1.52. The fraction of sp³-hybridized carbons (Fsp3) is 0.350. The molecule has 0 radical (unpaired) electrons. The number of benzene rings is 1. The van der Waals surface area contributed by atoms with Crippen LogP contribution >= 0.6 is 0 Å². The molecule has 0 unspecified atom stereocenters. The number of aromatic carboxylic acids is 2. The van der Waals surface area contributed by atoms with Gasteiger partial charge in [-0.05, 0) is 38.8 Å². The third-order valence-electron chi connectivity index (χ3n) is 4.64. The van der Waals surface area contributed by atoms with E-state index in [2.05, 4.69) is 9.88 Å². The first-order valence-electron chi connectivity index (χ1n) is 8.92. The van der Waals surface area contributed by atoms with Crippen LogP contribution in [-0.4, -0.2) is 44.1 Å². The van der Waals surface area contributed by atoms with Gasteiger partial charge in [0.1, 0.15) is 16.9 Å². The molecule has 1 aromatic carbocycles. The summed E-state index contributed by atoms with van der Waals surface area (Å²) in [7, 11) is 0. The van der Waals surface area contributed by atoms with E-state index in [1.165, 1.54) is 0 Å². The Kier molecular flexibility index (Phi) is 6.25. The van der Waals surface area contributed by atoms with Gasteiger partial charge in [-0.3, -0.25) is 9.69 Å². The second kappa shape index (κ2) is 8.26. The van der Waals surface area contributed by atoms with Crippen molar-refractivity contribution in [2.75, 3.05) is 5.73 Å². The van der Waals surface area contributed by atoms with Crippen molar-refractivity contribution in [2.45, 2.75) is 46.3 Å². The first kappa shape index (κ1) is 21.2. The Morgan fingerprint density at radius 1 is 1.04 bits per heavy atom. The number of rotatable bonds is 7. The fourth-order valence-electron chi connectivity index (χ4n) is 3.38. The van der Waals surface area contributed by atoms with Crippen LogP contribution in [0.15, 0.2) is 29.1 Å². The number of nitrogens with zero attached hydrogens (tertiary/aromatic N) is 1. The number of hydrogen-bond donors (Lipinski definition) is 4. The van der Waals surface area contributed by atoms with E-state index in [-0.39, 0.29) is 23.5 Å². The zero-order valence-electron chi connectivity index (χ0n) is 16.3. The maximum absolute atomic E-state index is 12.3. The molecule has 0 saturated carbocycles. The molecule has 0 aliphatic heterocycles. The number of nitrogen functional groups attached to an aromatic ring is 1. The van der Waals surface area contributed by atoms with Gasteiger partial charge in [0.15, 0.2) is 0 Å². The SMILES string of the molecule is CC(C)N(Cc1ccccc1-c1c(C(=O)O)c(N)[nH]c(=O)c1C(=O)O)C(C)C. The highest BCUT2D eigenvalue weighted by Crippen LogP contribution is 2.32. The molecular weight excluding hydrogens is 362 g/mol. The van der Waals surface area contributed by atoms with Crippen LogP contribution in [-0.2, 0) is 6.54 Å². The van der Waals surface area contributed by atoms with Crippen molar-refractivity contribution >= 4 is 17.8 Å². The van der Waals surface area contributed by atoms with Crippen LogP contribution < -0.4 is 11.3 Å². The Bertz CT molecular complexity index is 955. The largest absolute Gasteiger partial charge is 0.478 e. The zero-order valence-corrected chi connectivity index (χ0v) is 16.3. The smallest absolute Gasteiger partial charge is 0.342 e. The van der Waals surface area contributed by atoms with Gasteiger partial charge in [0.2, 0.25) is 0 Å². The monoisotopic (exact) mass is 387 g/mol. The summed E-state index contributed by atoms with van der Waals surface area (Å²) >= 11 is 0. The number of aromatic amines is 1. The lowest BCUT2D eigenvalue weighted by Gasteiger charge is -2.31. The predicted octanol–water partition coefficient (Wildman–Crippen LogP) is 2.64. The highest BCUT2D eigenvalue weighted by Gasteiger charge is 2.28. The van der Waals surface area contributed by atoms with E-state index < -0.39 is 28.6 Å². The highest BCUT2D eigenvalue weighted by atomic mass is 16.4. The number of carboxylic acid groups (broad SMARTS) is 2. The van der Waals surface area contributed by atoms with Crippen LogP contribution in [0.5, 0.6) is 0 Å². The van der Waals surface area contributed by atoms with Gasteiger partial charge in [0, 0.05) is 24.2 Å². The van der Waals surface area contributed by atoms with Crippen LogP contribution in [0.1, 0.15) is 54.0 Å². The topological polar surface area (TPSA) is 137 Å². The van der Waals surface area contributed by atoms with Gasteiger partial charge in [-0.15, -0.1) is 0 Å². The molecule has 0 aliphatic carbocycles. The van der Waals surface area contributed by atoms with Crippen LogP contribution in [0.3, 0.4) is 0 Å². The van der Waals surface area contributed by atoms with Gasteiger partial charge in [-0.2, -0.15) is 0 Å². The molecule has 2 aromatic rings. The lowest BCUT2D eigenvalue weighted by atomic mass is 9.91. The molecule has 0 atom stereocenters. The lowest BCUT2D eigenvalue weighted by Crippen LogP contribution is -2.36. The Hall–Kier alpha value is -3.13. The van der Waals surface area contributed by atoms with E-state index in [1.54, 1.807) is 24.3 Å². The molecule has 0 spiro atoms. The van der Waals surface area contributed by atoms with E-state index in [4.69, 9.17) is 5.73 Å². The Labute approximate surface area is 162 Å². The van der Waals surface area contributed by atoms with E-state index in [9.17, 15) is 24.6 Å². The van der Waals surface area contributed by atoms with Crippen molar-refractivity contribution in [1.29, 1.82) is 0 Å². The van der Waals surface area contributed by atoms with Crippen molar-refractivity contribution < 1.29 is 19.8 Å². The summed E-state index contributed by atoms with van der Waals surface area (Å²) in [6, 6.07) is 7.27. The van der Waals surface area contributed by atoms with Crippen molar-refractivity contribution in [3.05, 3.63) is 51.3 Å². The molecule has 0 saturated heterocycles. The summed E-state index contributed by atoms with van der Waals surface area (Å²) in [5.41, 5.74) is 4.63. The maximum Gasteiger partial charge on any atom is 0.342 e. The summed E-state index contributed by atoms with van der Waals surface area (Å²) in [5, 5.41) is 19.2. The van der Waals surface area contributed by atoms with Gasteiger partial charge in [-0.25, -0.2) is 9.59 Å². The molecular formula is C20H25N3O5. The zero-order chi connectivity index (χ0) is 21.2. The molecule has 150 valence electrons. The number of nitrogens with two attached hydrogens (primary N) is 1. The molecule has 0 amide bonds. The number of carbonyl (C=O) groups is 2. The molecule has 0 bridgehead atoms. The Balaban J connectivity index is 2.84. The summed E-state index contributed by atoms with van der Waals surface area (Å²) in [6.45, 7) is 8.62. The normalized spacial score (nSPS) is 11.4. The van der Waals surface area contributed by atoms with E-state index >= 15 is 0 Å². The van der Waals surface area contributed by atoms with Crippen LogP contribution in [0.4, 0.5) is 5.82 Å². The molecule has 0 fully saturated rings. The number of carboxylic acids is 2. The summed E-state index contributed by atoms with van der Waals surface area (Å²) in [6.07, 6.45) is 0. The lowest BCUT2D eigenvalue weighted by molar-refractivity contribution is 0.0695. The Morgan fingerprint density at radius 2 is 1.57 bits per heavy atom. The van der Waals surface area contributed by atoms with E-state index in [0.29, 0.717) is 17.7 Å². The van der Waals surface area contributed by atoms with Crippen molar-refractivity contribution in [3.63, 3.8) is 0 Å². The van der Waals surface area contributed by atoms with Crippen LogP contribution in [0, 0.1) is 0 Å². The van der Waals surface area contributed by atoms with Gasteiger partial charge in [0.05, 0.1) is 0 Å². The number of H-pyrrole nitrogens is 1. The number of hydrogen-bond acceptors (Lipinski definition) is 5. The first-order valence-corrected chi connectivity index (χ1v) is 8.92. The molecule has 28 heavy (non-hydrogen) atoms. The third kappa shape index (κ3) is 4.07. The Morgan fingerprint density at radius 3 is 2.07 bits per heavy atom. The fourth-order valence-corrected chi connectivity index (χ4v) is 3.38. The standard InChI is InChI=1S/C20H25N3O5/c1-10(2)23(11(3)4)9-12-7-5-6-8-13(12)14-15(19(25)26)17(21)22-18(24)16(14)20(27)28/h5-8,10-11H,9H2,1-4H3,(H,25,26)(H,27,28)(H3,21,22,24).